The molecule has 0 aliphatic rings. The molecule has 0 unspecified atom stereocenters. The fourth-order valence-electron chi connectivity index (χ4n) is 2.69. The molecular formula is C20H15ClN2OS3. The predicted molar refractivity (Wildman–Crippen MR) is 118 cm³/mol. The smallest absolute Gasteiger partial charge is 0.270 e. The Kier molecular flexibility index (Phi) is 5.50. The highest BCUT2D eigenvalue weighted by Crippen LogP contribution is 2.34. The van der Waals surface area contributed by atoms with Gasteiger partial charge in [0.05, 0.1) is 26.0 Å². The van der Waals surface area contributed by atoms with Crippen molar-refractivity contribution in [2.45, 2.75) is 11.4 Å². The highest BCUT2D eigenvalue weighted by molar-refractivity contribution is 7.98. The van der Waals surface area contributed by atoms with Crippen LogP contribution in [0, 0.1) is 0 Å². The number of anilines is 1. The number of nitrogens with zero attached hydrogens (tertiary/aromatic N) is 2. The Hall–Kier alpha value is -1.86. The van der Waals surface area contributed by atoms with Crippen molar-refractivity contribution in [3.63, 3.8) is 0 Å². The van der Waals surface area contributed by atoms with Gasteiger partial charge in [0.1, 0.15) is 0 Å². The first kappa shape index (κ1) is 18.5. The second-order valence-corrected chi connectivity index (χ2v) is 9.41. The van der Waals surface area contributed by atoms with Crippen LogP contribution in [0.2, 0.25) is 4.34 Å². The highest BCUT2D eigenvalue weighted by atomic mass is 35.5. The van der Waals surface area contributed by atoms with Crippen LogP contribution in [0.3, 0.4) is 0 Å². The lowest BCUT2D eigenvalue weighted by molar-refractivity contribution is 0.0989. The number of thiophene rings is 1. The van der Waals surface area contributed by atoms with Crippen molar-refractivity contribution in [2.75, 3.05) is 11.2 Å². The molecular weight excluding hydrogens is 416 g/mol. The average Bonchev–Trinajstić information content (AvgIpc) is 3.31. The summed E-state index contributed by atoms with van der Waals surface area (Å²) in [5.41, 5.74) is 1.96. The SMILES string of the molecule is CSc1ccc2nc(N(Cc3ccccc3)C(=O)c3ccc(Cl)s3)sc2c1. The molecule has 27 heavy (non-hydrogen) atoms. The van der Waals surface area contributed by atoms with Gasteiger partial charge in [0.25, 0.3) is 5.91 Å². The summed E-state index contributed by atoms with van der Waals surface area (Å²) in [7, 11) is 0. The molecule has 4 aromatic rings. The maximum atomic E-state index is 13.2. The Bertz CT molecular complexity index is 1090. The van der Waals surface area contributed by atoms with E-state index in [0.717, 1.165) is 15.8 Å². The van der Waals surface area contributed by atoms with E-state index < -0.39 is 0 Å². The number of hydrogen-bond acceptors (Lipinski definition) is 5. The summed E-state index contributed by atoms with van der Waals surface area (Å²) in [6.45, 7) is 0.463. The third kappa shape index (κ3) is 4.04. The van der Waals surface area contributed by atoms with Crippen molar-refractivity contribution in [1.82, 2.24) is 4.98 Å². The van der Waals surface area contributed by atoms with Gasteiger partial charge in [-0.25, -0.2) is 4.98 Å². The minimum Gasteiger partial charge on any atom is -0.279 e. The fraction of sp³-hybridized carbons (Fsp3) is 0.100. The molecule has 0 saturated heterocycles. The molecule has 0 N–H and O–H groups in total. The zero-order valence-corrected chi connectivity index (χ0v) is 17.6. The minimum atomic E-state index is -0.0834. The molecule has 0 spiro atoms. The largest absolute Gasteiger partial charge is 0.279 e. The molecule has 4 rings (SSSR count). The molecule has 0 fully saturated rings. The molecule has 0 saturated carbocycles. The van der Waals surface area contributed by atoms with Gasteiger partial charge in [-0.1, -0.05) is 53.3 Å². The van der Waals surface area contributed by atoms with E-state index >= 15 is 0 Å². The molecule has 0 aliphatic carbocycles. The van der Waals surface area contributed by atoms with E-state index in [1.54, 1.807) is 28.8 Å². The number of amides is 1. The van der Waals surface area contributed by atoms with Gasteiger partial charge in [-0.3, -0.25) is 9.69 Å². The third-order valence-electron chi connectivity index (χ3n) is 4.03. The summed E-state index contributed by atoms with van der Waals surface area (Å²) in [5.74, 6) is -0.0834. The molecule has 7 heteroatoms. The first-order valence-corrected chi connectivity index (χ1v) is 11.4. The first-order chi connectivity index (χ1) is 13.1. The Morgan fingerprint density at radius 2 is 1.93 bits per heavy atom. The van der Waals surface area contributed by atoms with E-state index in [4.69, 9.17) is 16.6 Å². The normalized spacial score (nSPS) is 11.0. The molecule has 0 radical (unpaired) electrons. The number of thioether (sulfide) groups is 1. The number of aromatic nitrogens is 1. The summed E-state index contributed by atoms with van der Waals surface area (Å²) in [5, 5.41) is 0.696. The van der Waals surface area contributed by atoms with Crippen LogP contribution < -0.4 is 4.90 Å². The molecule has 2 aromatic carbocycles. The number of carbonyl (C=O) groups excluding carboxylic acids is 1. The molecule has 136 valence electrons. The maximum Gasteiger partial charge on any atom is 0.270 e. The number of benzene rings is 2. The monoisotopic (exact) mass is 430 g/mol. The van der Waals surface area contributed by atoms with Crippen LogP contribution in [0.4, 0.5) is 5.13 Å². The standard InChI is InChI=1S/C20H15ClN2OS3/c1-25-14-7-8-15-17(11-14)27-20(22-15)23(12-13-5-3-2-4-6-13)19(24)16-9-10-18(21)26-16/h2-11H,12H2,1H3. The molecule has 1 amide bonds. The molecule has 2 aromatic heterocycles. The van der Waals surface area contributed by atoms with Gasteiger partial charge >= 0.3 is 0 Å². The molecule has 0 aliphatic heterocycles. The zero-order chi connectivity index (χ0) is 18.8. The number of carbonyl (C=O) groups is 1. The van der Waals surface area contributed by atoms with Crippen LogP contribution in [0.15, 0.2) is 65.6 Å². The second-order valence-electron chi connectivity index (χ2n) is 5.81. The highest BCUT2D eigenvalue weighted by Gasteiger charge is 2.23. The number of rotatable bonds is 5. The quantitative estimate of drug-likeness (QED) is 0.335. The lowest BCUT2D eigenvalue weighted by Gasteiger charge is -2.19. The van der Waals surface area contributed by atoms with Gasteiger partial charge in [-0.2, -0.15) is 0 Å². The Morgan fingerprint density at radius 1 is 1.11 bits per heavy atom. The third-order valence-corrected chi connectivity index (χ3v) is 7.01. The summed E-state index contributed by atoms with van der Waals surface area (Å²) in [6, 6.07) is 19.7. The lowest BCUT2D eigenvalue weighted by Crippen LogP contribution is -2.29. The van der Waals surface area contributed by atoms with E-state index in [1.165, 1.54) is 27.6 Å². The van der Waals surface area contributed by atoms with E-state index in [2.05, 4.69) is 18.4 Å². The van der Waals surface area contributed by atoms with Crippen molar-refractivity contribution in [1.29, 1.82) is 0 Å². The van der Waals surface area contributed by atoms with Crippen molar-refractivity contribution in [2.24, 2.45) is 0 Å². The van der Waals surface area contributed by atoms with Crippen LogP contribution in [0.25, 0.3) is 10.2 Å². The fourth-order valence-corrected chi connectivity index (χ4v) is 5.20. The van der Waals surface area contributed by atoms with Crippen LogP contribution in [-0.2, 0) is 6.54 Å². The average molecular weight is 431 g/mol. The van der Waals surface area contributed by atoms with Gasteiger partial charge < -0.3 is 0 Å². The van der Waals surface area contributed by atoms with Crippen molar-refractivity contribution >= 4 is 67.3 Å². The Balaban J connectivity index is 1.75. The second kappa shape index (κ2) is 8.02. The topological polar surface area (TPSA) is 33.2 Å². The number of hydrogen-bond donors (Lipinski definition) is 0. The molecule has 2 heterocycles. The van der Waals surface area contributed by atoms with Crippen LogP contribution in [0.5, 0.6) is 0 Å². The number of fused-ring (bicyclic) bond motifs is 1. The van der Waals surface area contributed by atoms with Crippen molar-refractivity contribution < 1.29 is 4.79 Å². The lowest BCUT2D eigenvalue weighted by atomic mass is 10.2. The minimum absolute atomic E-state index is 0.0834. The number of halogens is 1. The number of thiazole rings is 1. The Labute approximate surface area is 174 Å². The molecule has 0 bridgehead atoms. The van der Waals surface area contributed by atoms with Gasteiger partial charge in [-0.15, -0.1) is 23.1 Å². The Morgan fingerprint density at radius 3 is 2.63 bits per heavy atom. The van der Waals surface area contributed by atoms with Crippen LogP contribution >= 0.6 is 46.0 Å². The van der Waals surface area contributed by atoms with Crippen molar-refractivity contribution in [3.05, 3.63) is 75.4 Å². The van der Waals surface area contributed by atoms with Crippen LogP contribution in [0.1, 0.15) is 15.2 Å². The first-order valence-electron chi connectivity index (χ1n) is 8.20. The van der Waals surface area contributed by atoms with Gasteiger partial charge in [0.15, 0.2) is 5.13 Å². The predicted octanol–water partition coefficient (Wildman–Crippen LogP) is 6.58. The van der Waals surface area contributed by atoms with E-state index in [-0.39, 0.29) is 5.91 Å². The van der Waals surface area contributed by atoms with E-state index in [9.17, 15) is 4.79 Å². The summed E-state index contributed by atoms with van der Waals surface area (Å²) < 4.78 is 1.68. The maximum absolute atomic E-state index is 13.2. The van der Waals surface area contributed by atoms with E-state index in [0.29, 0.717) is 20.9 Å². The van der Waals surface area contributed by atoms with Gasteiger partial charge in [0.2, 0.25) is 0 Å². The zero-order valence-electron chi connectivity index (χ0n) is 14.4. The molecule has 0 atom stereocenters. The summed E-state index contributed by atoms with van der Waals surface area (Å²) in [6.07, 6.45) is 2.05. The summed E-state index contributed by atoms with van der Waals surface area (Å²) >= 11 is 10.6. The van der Waals surface area contributed by atoms with E-state index in [1.807, 2.05) is 36.4 Å². The summed E-state index contributed by atoms with van der Waals surface area (Å²) in [4.78, 5) is 21.5. The van der Waals surface area contributed by atoms with Crippen molar-refractivity contribution in [3.8, 4) is 0 Å². The van der Waals surface area contributed by atoms with Gasteiger partial charge in [-0.05, 0) is 42.2 Å². The van der Waals surface area contributed by atoms with Gasteiger partial charge in [0, 0.05) is 4.90 Å². The molecule has 3 nitrogen and oxygen atoms in total. The van der Waals surface area contributed by atoms with Crippen LogP contribution in [-0.4, -0.2) is 17.1 Å².